The summed E-state index contributed by atoms with van der Waals surface area (Å²) in [5.41, 5.74) is 0.0135. The summed E-state index contributed by atoms with van der Waals surface area (Å²) in [5.74, 6) is -0.273. The van der Waals surface area contributed by atoms with Gasteiger partial charge in [-0.05, 0) is 0 Å². The van der Waals surface area contributed by atoms with E-state index < -0.39 is 5.69 Å². The molecule has 14 heavy (non-hydrogen) atoms. The summed E-state index contributed by atoms with van der Waals surface area (Å²) in [4.78, 5) is 24.6. The summed E-state index contributed by atoms with van der Waals surface area (Å²) in [7, 11) is 0. The summed E-state index contributed by atoms with van der Waals surface area (Å²) >= 11 is 0. The standard InChI is InChI=1S/C9H7N3O2/c13-7(6-4-2-1-3-5-6)8-10-9(14)12-11-8/h1-5H,(H2,10,11,12,14). The topological polar surface area (TPSA) is 78.6 Å². The van der Waals surface area contributed by atoms with Gasteiger partial charge in [-0.15, -0.1) is 5.10 Å². The third-order valence-corrected chi connectivity index (χ3v) is 1.75. The van der Waals surface area contributed by atoms with E-state index in [2.05, 4.69) is 15.2 Å². The van der Waals surface area contributed by atoms with Crippen molar-refractivity contribution in [1.82, 2.24) is 15.2 Å². The molecule has 0 fully saturated rings. The summed E-state index contributed by atoms with van der Waals surface area (Å²) in [5, 5.41) is 5.69. The predicted octanol–water partition coefficient (Wildman–Crippen LogP) is 0.329. The summed E-state index contributed by atoms with van der Waals surface area (Å²) in [6.45, 7) is 0. The monoisotopic (exact) mass is 189 g/mol. The predicted molar refractivity (Wildman–Crippen MR) is 49.1 cm³/mol. The van der Waals surface area contributed by atoms with Crippen LogP contribution in [0.2, 0.25) is 0 Å². The zero-order valence-electron chi connectivity index (χ0n) is 7.15. The van der Waals surface area contributed by atoms with Crippen LogP contribution in [0.1, 0.15) is 16.2 Å². The van der Waals surface area contributed by atoms with Crippen molar-refractivity contribution in [2.24, 2.45) is 0 Å². The van der Waals surface area contributed by atoms with Crippen molar-refractivity contribution in [2.45, 2.75) is 0 Å². The SMILES string of the molecule is O=C(c1ccccc1)c1n[nH]c(=O)[nH]1. The van der Waals surface area contributed by atoms with Gasteiger partial charge in [0.2, 0.25) is 11.6 Å². The lowest BCUT2D eigenvalue weighted by molar-refractivity contribution is 0.102. The van der Waals surface area contributed by atoms with E-state index in [0.29, 0.717) is 5.56 Å². The van der Waals surface area contributed by atoms with Gasteiger partial charge in [-0.2, -0.15) is 0 Å². The highest BCUT2D eigenvalue weighted by Crippen LogP contribution is 2.02. The van der Waals surface area contributed by atoms with E-state index in [4.69, 9.17) is 0 Å². The number of nitrogens with one attached hydrogen (secondary N) is 2. The Kier molecular flexibility index (Phi) is 1.98. The maximum atomic E-state index is 11.6. The lowest BCUT2D eigenvalue weighted by Gasteiger charge is -1.94. The third-order valence-electron chi connectivity index (χ3n) is 1.75. The maximum Gasteiger partial charge on any atom is 0.341 e. The number of benzene rings is 1. The molecule has 0 saturated heterocycles. The highest BCUT2D eigenvalue weighted by molar-refractivity contribution is 6.06. The van der Waals surface area contributed by atoms with Crippen LogP contribution < -0.4 is 5.69 Å². The molecule has 0 unspecified atom stereocenters. The number of rotatable bonds is 2. The van der Waals surface area contributed by atoms with Gasteiger partial charge in [0.15, 0.2) is 0 Å². The molecule has 70 valence electrons. The Morgan fingerprint density at radius 3 is 2.50 bits per heavy atom. The molecular weight excluding hydrogens is 182 g/mol. The molecule has 0 amide bonds. The molecule has 0 spiro atoms. The first kappa shape index (κ1) is 8.43. The normalized spacial score (nSPS) is 10.0. The third kappa shape index (κ3) is 1.47. The first-order chi connectivity index (χ1) is 6.77. The second kappa shape index (κ2) is 3.29. The van der Waals surface area contributed by atoms with Crippen LogP contribution in [0.5, 0.6) is 0 Å². The van der Waals surface area contributed by atoms with Gasteiger partial charge in [-0.1, -0.05) is 30.3 Å². The molecule has 0 aliphatic rings. The first-order valence-corrected chi connectivity index (χ1v) is 4.02. The van der Waals surface area contributed by atoms with Crippen LogP contribution in [0, 0.1) is 0 Å². The van der Waals surface area contributed by atoms with Crippen molar-refractivity contribution in [2.75, 3.05) is 0 Å². The van der Waals surface area contributed by atoms with E-state index in [1.807, 2.05) is 6.07 Å². The number of ketones is 1. The van der Waals surface area contributed by atoms with E-state index in [-0.39, 0.29) is 11.6 Å². The van der Waals surface area contributed by atoms with Gasteiger partial charge in [0, 0.05) is 5.56 Å². The molecule has 2 rings (SSSR count). The van der Waals surface area contributed by atoms with Crippen LogP contribution >= 0.6 is 0 Å². The number of H-pyrrole nitrogens is 2. The van der Waals surface area contributed by atoms with Crippen molar-refractivity contribution in [3.63, 3.8) is 0 Å². The summed E-state index contributed by atoms with van der Waals surface area (Å²) in [6, 6.07) is 8.63. The number of hydrogen-bond donors (Lipinski definition) is 2. The van der Waals surface area contributed by atoms with Crippen LogP contribution in [0.25, 0.3) is 0 Å². The van der Waals surface area contributed by atoms with Crippen LogP contribution in [0.4, 0.5) is 0 Å². The smallest absolute Gasteiger partial charge is 0.286 e. The molecule has 1 aromatic carbocycles. The molecular formula is C9H7N3O2. The Morgan fingerprint density at radius 1 is 1.21 bits per heavy atom. The number of carbonyl (C=O) groups is 1. The second-order valence-electron chi connectivity index (χ2n) is 2.72. The van der Waals surface area contributed by atoms with Gasteiger partial charge in [0.1, 0.15) is 0 Å². The zero-order chi connectivity index (χ0) is 9.97. The highest BCUT2D eigenvalue weighted by Gasteiger charge is 2.11. The molecule has 0 aliphatic heterocycles. The molecule has 5 heteroatoms. The second-order valence-corrected chi connectivity index (χ2v) is 2.72. The van der Waals surface area contributed by atoms with Crippen molar-refractivity contribution in [3.05, 3.63) is 52.2 Å². The molecule has 0 saturated carbocycles. The fourth-order valence-corrected chi connectivity index (χ4v) is 1.10. The fraction of sp³-hybridized carbons (Fsp3) is 0. The van der Waals surface area contributed by atoms with Crippen LogP contribution in [0.15, 0.2) is 35.1 Å². The lowest BCUT2D eigenvalue weighted by atomic mass is 10.1. The Balaban J connectivity index is 2.38. The molecule has 2 aromatic rings. The van der Waals surface area contributed by atoms with Crippen molar-refractivity contribution >= 4 is 5.78 Å². The van der Waals surface area contributed by atoms with Gasteiger partial charge in [-0.25, -0.2) is 9.89 Å². The van der Waals surface area contributed by atoms with E-state index in [9.17, 15) is 9.59 Å². The number of nitrogens with zero attached hydrogens (tertiary/aromatic N) is 1. The van der Waals surface area contributed by atoms with E-state index in [0.717, 1.165) is 0 Å². The lowest BCUT2D eigenvalue weighted by Crippen LogP contribution is -2.06. The summed E-state index contributed by atoms with van der Waals surface area (Å²) < 4.78 is 0. The molecule has 1 aromatic heterocycles. The van der Waals surface area contributed by atoms with Crippen molar-refractivity contribution in [1.29, 1.82) is 0 Å². The Bertz CT molecular complexity index is 498. The first-order valence-electron chi connectivity index (χ1n) is 4.02. The highest BCUT2D eigenvalue weighted by atomic mass is 16.2. The zero-order valence-corrected chi connectivity index (χ0v) is 7.15. The van der Waals surface area contributed by atoms with E-state index in [1.165, 1.54) is 0 Å². The molecule has 0 radical (unpaired) electrons. The van der Waals surface area contributed by atoms with Gasteiger partial charge in [-0.3, -0.25) is 9.78 Å². The molecule has 0 atom stereocenters. The average Bonchev–Trinajstić information content (AvgIpc) is 2.65. The van der Waals surface area contributed by atoms with Crippen LogP contribution in [0.3, 0.4) is 0 Å². The minimum absolute atomic E-state index is 0.0289. The Hall–Kier alpha value is -2.17. The van der Waals surface area contributed by atoms with Gasteiger partial charge in [0.05, 0.1) is 0 Å². The largest absolute Gasteiger partial charge is 0.341 e. The van der Waals surface area contributed by atoms with Crippen LogP contribution in [-0.4, -0.2) is 21.0 Å². The summed E-state index contributed by atoms with van der Waals surface area (Å²) in [6.07, 6.45) is 0. The van der Waals surface area contributed by atoms with Crippen LogP contribution in [-0.2, 0) is 0 Å². The molecule has 5 nitrogen and oxygen atoms in total. The quantitative estimate of drug-likeness (QED) is 0.668. The van der Waals surface area contributed by atoms with Gasteiger partial charge < -0.3 is 0 Å². The van der Waals surface area contributed by atoms with Gasteiger partial charge in [0.25, 0.3) is 0 Å². The van der Waals surface area contributed by atoms with Gasteiger partial charge >= 0.3 is 5.69 Å². The molecule has 1 heterocycles. The molecule has 2 N–H and O–H groups in total. The molecule has 0 aliphatic carbocycles. The number of aromatic amines is 2. The maximum absolute atomic E-state index is 11.6. The number of hydrogen-bond acceptors (Lipinski definition) is 3. The fourth-order valence-electron chi connectivity index (χ4n) is 1.10. The minimum atomic E-state index is -0.482. The number of aromatic nitrogens is 3. The van der Waals surface area contributed by atoms with E-state index in [1.54, 1.807) is 24.3 Å². The average molecular weight is 189 g/mol. The Morgan fingerprint density at radius 2 is 1.93 bits per heavy atom. The van der Waals surface area contributed by atoms with Crippen molar-refractivity contribution < 1.29 is 4.79 Å². The van der Waals surface area contributed by atoms with E-state index >= 15 is 0 Å². The molecule has 0 bridgehead atoms. The number of carbonyl (C=O) groups excluding carboxylic acids is 1. The minimum Gasteiger partial charge on any atom is -0.286 e. The van der Waals surface area contributed by atoms with Crippen molar-refractivity contribution in [3.8, 4) is 0 Å². The Labute approximate surface area is 78.8 Å².